The first-order valence-electron chi connectivity index (χ1n) is 7.86. The van der Waals surface area contributed by atoms with Crippen LogP contribution in [0.15, 0.2) is 24.3 Å². The largest absolute Gasteiger partial charge is 0.494 e. The molecule has 0 spiro atoms. The Morgan fingerprint density at radius 3 is 2.55 bits per heavy atom. The molecule has 2 N–H and O–H groups in total. The van der Waals surface area contributed by atoms with E-state index in [1.807, 2.05) is 6.92 Å². The molecule has 20 heavy (non-hydrogen) atoms. The van der Waals surface area contributed by atoms with Crippen LogP contribution in [0.5, 0.6) is 5.75 Å². The quantitative estimate of drug-likeness (QED) is 0.868. The van der Waals surface area contributed by atoms with Crippen molar-refractivity contribution in [1.29, 1.82) is 0 Å². The first-order valence-corrected chi connectivity index (χ1v) is 7.86. The van der Waals surface area contributed by atoms with E-state index >= 15 is 0 Å². The maximum Gasteiger partial charge on any atom is 0.119 e. The van der Waals surface area contributed by atoms with Gasteiger partial charge in [0.05, 0.1) is 6.61 Å². The SMILES string of the molecule is CCOc1ccc(CN(C)C2CCCCC2CN)cc1. The van der Waals surface area contributed by atoms with Crippen molar-refractivity contribution in [2.45, 2.75) is 45.2 Å². The minimum Gasteiger partial charge on any atom is -0.494 e. The summed E-state index contributed by atoms with van der Waals surface area (Å²) in [6.07, 6.45) is 5.26. The van der Waals surface area contributed by atoms with Gasteiger partial charge in [-0.3, -0.25) is 4.90 Å². The summed E-state index contributed by atoms with van der Waals surface area (Å²) >= 11 is 0. The number of nitrogens with zero attached hydrogens (tertiary/aromatic N) is 1. The fraction of sp³-hybridized carbons (Fsp3) is 0.647. The van der Waals surface area contributed by atoms with E-state index in [1.165, 1.54) is 31.2 Å². The predicted octanol–water partition coefficient (Wildman–Crippen LogP) is 3.03. The van der Waals surface area contributed by atoms with Gasteiger partial charge in [-0.1, -0.05) is 25.0 Å². The Balaban J connectivity index is 1.94. The van der Waals surface area contributed by atoms with Gasteiger partial charge in [0.15, 0.2) is 0 Å². The summed E-state index contributed by atoms with van der Waals surface area (Å²) in [5.74, 6) is 1.62. The van der Waals surface area contributed by atoms with Crippen molar-refractivity contribution in [1.82, 2.24) is 4.90 Å². The van der Waals surface area contributed by atoms with Crippen molar-refractivity contribution >= 4 is 0 Å². The molecule has 0 bridgehead atoms. The number of benzene rings is 1. The third kappa shape index (κ3) is 3.97. The molecule has 0 aromatic heterocycles. The lowest BCUT2D eigenvalue weighted by molar-refractivity contribution is 0.127. The second-order valence-electron chi connectivity index (χ2n) is 5.84. The van der Waals surface area contributed by atoms with Gasteiger partial charge in [-0.2, -0.15) is 0 Å². The summed E-state index contributed by atoms with van der Waals surface area (Å²) in [7, 11) is 2.23. The van der Waals surface area contributed by atoms with E-state index in [0.717, 1.165) is 25.4 Å². The highest BCUT2D eigenvalue weighted by Crippen LogP contribution is 2.28. The predicted molar refractivity (Wildman–Crippen MR) is 83.9 cm³/mol. The van der Waals surface area contributed by atoms with E-state index < -0.39 is 0 Å². The molecule has 1 aromatic carbocycles. The van der Waals surface area contributed by atoms with Crippen molar-refractivity contribution < 1.29 is 4.74 Å². The van der Waals surface area contributed by atoms with Gasteiger partial charge in [0.1, 0.15) is 5.75 Å². The lowest BCUT2D eigenvalue weighted by Gasteiger charge is -2.37. The Labute approximate surface area is 123 Å². The molecular formula is C17H28N2O. The summed E-state index contributed by atoms with van der Waals surface area (Å²) in [4.78, 5) is 2.48. The Morgan fingerprint density at radius 1 is 1.20 bits per heavy atom. The fourth-order valence-corrected chi connectivity index (χ4v) is 3.31. The highest BCUT2D eigenvalue weighted by atomic mass is 16.5. The molecular weight excluding hydrogens is 248 g/mol. The summed E-state index contributed by atoms with van der Waals surface area (Å²) in [6.45, 7) is 4.54. The van der Waals surface area contributed by atoms with E-state index in [9.17, 15) is 0 Å². The highest BCUT2D eigenvalue weighted by molar-refractivity contribution is 5.27. The minimum atomic E-state index is 0.639. The second kappa shape index (κ2) is 7.65. The van der Waals surface area contributed by atoms with Crippen molar-refractivity contribution in [2.75, 3.05) is 20.2 Å². The molecule has 1 fully saturated rings. The molecule has 1 aliphatic carbocycles. The molecule has 1 aromatic rings. The molecule has 3 nitrogen and oxygen atoms in total. The normalized spacial score (nSPS) is 23.0. The van der Waals surface area contributed by atoms with Crippen molar-refractivity contribution in [3.8, 4) is 5.75 Å². The zero-order chi connectivity index (χ0) is 14.4. The van der Waals surface area contributed by atoms with Gasteiger partial charge in [-0.15, -0.1) is 0 Å². The van der Waals surface area contributed by atoms with Crippen LogP contribution in [0.3, 0.4) is 0 Å². The molecule has 0 aliphatic heterocycles. The third-order valence-electron chi connectivity index (χ3n) is 4.40. The van der Waals surface area contributed by atoms with E-state index in [4.69, 9.17) is 10.5 Å². The van der Waals surface area contributed by atoms with E-state index in [-0.39, 0.29) is 0 Å². The number of nitrogens with two attached hydrogens (primary N) is 1. The Morgan fingerprint density at radius 2 is 1.90 bits per heavy atom. The maximum absolute atomic E-state index is 5.93. The molecule has 2 atom stereocenters. The summed E-state index contributed by atoms with van der Waals surface area (Å²) in [5, 5.41) is 0. The number of rotatable bonds is 6. The average Bonchev–Trinajstić information content (AvgIpc) is 2.49. The zero-order valence-electron chi connectivity index (χ0n) is 12.8. The van der Waals surface area contributed by atoms with Crippen LogP contribution in [0.25, 0.3) is 0 Å². The van der Waals surface area contributed by atoms with Crippen LogP contribution in [-0.4, -0.2) is 31.1 Å². The highest BCUT2D eigenvalue weighted by Gasteiger charge is 2.27. The zero-order valence-corrected chi connectivity index (χ0v) is 12.8. The van der Waals surface area contributed by atoms with Gasteiger partial charge >= 0.3 is 0 Å². The minimum absolute atomic E-state index is 0.639. The van der Waals surface area contributed by atoms with Crippen LogP contribution in [0.1, 0.15) is 38.2 Å². The Hall–Kier alpha value is -1.06. The molecule has 0 heterocycles. The molecule has 2 unspecified atom stereocenters. The van der Waals surface area contributed by atoms with E-state index in [1.54, 1.807) is 0 Å². The Kier molecular flexibility index (Phi) is 5.86. The first kappa shape index (κ1) is 15.3. The smallest absolute Gasteiger partial charge is 0.119 e. The van der Waals surface area contributed by atoms with Gasteiger partial charge in [0.25, 0.3) is 0 Å². The van der Waals surface area contributed by atoms with Gasteiger partial charge in [0, 0.05) is 12.6 Å². The first-order chi connectivity index (χ1) is 9.74. The third-order valence-corrected chi connectivity index (χ3v) is 4.40. The topological polar surface area (TPSA) is 38.5 Å². The van der Waals surface area contributed by atoms with Gasteiger partial charge in [-0.25, -0.2) is 0 Å². The van der Waals surface area contributed by atoms with Crippen LogP contribution in [-0.2, 0) is 6.54 Å². The lowest BCUT2D eigenvalue weighted by Crippen LogP contribution is -2.42. The number of hydrogen-bond donors (Lipinski definition) is 1. The van der Waals surface area contributed by atoms with Crippen LogP contribution in [0.2, 0.25) is 0 Å². The molecule has 1 aliphatic rings. The van der Waals surface area contributed by atoms with Crippen LogP contribution >= 0.6 is 0 Å². The van der Waals surface area contributed by atoms with E-state index in [2.05, 4.69) is 36.2 Å². The molecule has 2 rings (SSSR count). The standard InChI is InChI=1S/C17H28N2O/c1-3-20-16-10-8-14(9-11-16)13-19(2)17-7-5-4-6-15(17)12-18/h8-11,15,17H,3-7,12-13,18H2,1-2H3. The lowest BCUT2D eigenvalue weighted by atomic mass is 9.83. The van der Waals surface area contributed by atoms with Crippen molar-refractivity contribution in [2.24, 2.45) is 11.7 Å². The summed E-state index contributed by atoms with van der Waals surface area (Å²) < 4.78 is 5.49. The number of hydrogen-bond acceptors (Lipinski definition) is 3. The van der Waals surface area contributed by atoms with Crippen LogP contribution in [0, 0.1) is 5.92 Å². The summed E-state index contributed by atoms with van der Waals surface area (Å²) in [6, 6.07) is 9.10. The van der Waals surface area contributed by atoms with Crippen LogP contribution in [0.4, 0.5) is 0 Å². The van der Waals surface area contributed by atoms with Crippen molar-refractivity contribution in [3.63, 3.8) is 0 Å². The molecule has 0 saturated heterocycles. The van der Waals surface area contributed by atoms with Gasteiger partial charge in [-0.05, 0) is 57.0 Å². The summed E-state index contributed by atoms with van der Waals surface area (Å²) in [5.41, 5.74) is 7.28. The molecule has 1 saturated carbocycles. The number of ether oxygens (including phenoxy) is 1. The maximum atomic E-state index is 5.93. The molecule has 112 valence electrons. The monoisotopic (exact) mass is 276 g/mol. The van der Waals surface area contributed by atoms with E-state index in [0.29, 0.717) is 12.0 Å². The molecule has 3 heteroatoms. The Bertz CT molecular complexity index is 390. The fourth-order valence-electron chi connectivity index (χ4n) is 3.31. The molecule has 0 radical (unpaired) electrons. The van der Waals surface area contributed by atoms with Crippen molar-refractivity contribution in [3.05, 3.63) is 29.8 Å². The molecule has 0 amide bonds. The average molecular weight is 276 g/mol. The second-order valence-corrected chi connectivity index (χ2v) is 5.84. The van der Waals surface area contributed by atoms with Gasteiger partial charge in [0.2, 0.25) is 0 Å². The van der Waals surface area contributed by atoms with Gasteiger partial charge < -0.3 is 10.5 Å². The van der Waals surface area contributed by atoms with Crippen LogP contribution < -0.4 is 10.5 Å².